The average molecular weight is 499 g/mol. The minimum atomic E-state index is -2.23. The van der Waals surface area contributed by atoms with Crippen molar-refractivity contribution in [1.29, 1.82) is 0 Å². The molecule has 5 aliphatic rings. The van der Waals surface area contributed by atoms with Crippen molar-refractivity contribution in [2.75, 3.05) is 19.8 Å². The lowest BCUT2D eigenvalue weighted by molar-refractivity contribution is -0.336. The van der Waals surface area contributed by atoms with E-state index in [1.165, 1.54) is 0 Å². The van der Waals surface area contributed by atoms with E-state index in [0.29, 0.717) is 13.2 Å². The first-order valence-electron chi connectivity index (χ1n) is 13.1. The van der Waals surface area contributed by atoms with Crippen LogP contribution in [0.5, 0.6) is 0 Å². The summed E-state index contributed by atoms with van der Waals surface area (Å²) in [5.74, 6) is -1.70. The van der Waals surface area contributed by atoms with E-state index in [-0.39, 0.29) is 41.8 Å². The molecule has 34 heavy (non-hydrogen) atoms. The Morgan fingerprint density at radius 3 is 2.18 bits per heavy atom. The molecule has 3 aliphatic heterocycles. The zero-order chi connectivity index (χ0) is 25.2. The van der Waals surface area contributed by atoms with Crippen LogP contribution in [0.2, 0.25) is 18.1 Å². The first-order chi connectivity index (χ1) is 15.5. The van der Waals surface area contributed by atoms with Crippen molar-refractivity contribution in [3.8, 4) is 0 Å². The van der Waals surface area contributed by atoms with Crippen molar-refractivity contribution in [1.82, 2.24) is 0 Å². The fraction of sp³-hybridized carbons (Fsp3) is 1.00. The normalized spacial score (nSPS) is 49.3. The van der Waals surface area contributed by atoms with Gasteiger partial charge in [-0.15, -0.1) is 0 Å². The first-order valence-corrected chi connectivity index (χ1v) is 16.0. The summed E-state index contributed by atoms with van der Waals surface area (Å²) in [4.78, 5) is 0. The molecule has 0 aromatic heterocycles. The van der Waals surface area contributed by atoms with E-state index in [0.717, 1.165) is 12.8 Å². The molecular weight excluding hydrogens is 452 g/mol. The van der Waals surface area contributed by atoms with Crippen LogP contribution in [0.3, 0.4) is 0 Å². The maximum absolute atomic E-state index is 10.8. The second-order valence-electron chi connectivity index (χ2n) is 13.9. The SMILES string of the molecule is C[C@H]1C2(CC[C@]3(C)[C@H]4OC(C)(C)O[C@H]4[C@H]4[C@H](O[Si](C)(C)C(C)(C)C)[C@@]13O[C@]4(C)CO)OCCO2. The van der Waals surface area contributed by atoms with E-state index in [1.54, 1.807) is 0 Å². The molecule has 2 aliphatic carbocycles. The third-order valence-corrected chi connectivity index (χ3v) is 14.9. The Hall–Kier alpha value is -0.0631. The Kier molecular flexibility index (Phi) is 5.48. The van der Waals surface area contributed by atoms with Gasteiger partial charge in [0.2, 0.25) is 0 Å². The summed E-state index contributed by atoms with van der Waals surface area (Å²) in [5.41, 5.74) is -1.98. The molecule has 0 radical (unpaired) electrons. The van der Waals surface area contributed by atoms with Crippen LogP contribution in [0.25, 0.3) is 0 Å². The number of ether oxygens (including phenoxy) is 5. The van der Waals surface area contributed by atoms with Gasteiger partial charge in [-0.1, -0.05) is 34.6 Å². The quantitative estimate of drug-likeness (QED) is 0.584. The van der Waals surface area contributed by atoms with Gasteiger partial charge in [0.05, 0.1) is 43.7 Å². The Labute approximate surface area is 206 Å². The van der Waals surface area contributed by atoms with Gasteiger partial charge in [-0.05, 0) is 45.3 Å². The number of aliphatic hydroxyl groups excluding tert-OH is 1. The molecule has 3 heterocycles. The van der Waals surface area contributed by atoms with Crippen LogP contribution in [0, 0.1) is 17.3 Å². The molecular formula is C26H46O7Si. The molecule has 2 saturated carbocycles. The van der Waals surface area contributed by atoms with Gasteiger partial charge in [0.1, 0.15) is 5.60 Å². The number of hydrogen-bond acceptors (Lipinski definition) is 7. The van der Waals surface area contributed by atoms with E-state index in [1.807, 2.05) is 20.8 Å². The molecule has 8 heteroatoms. The van der Waals surface area contributed by atoms with Crippen molar-refractivity contribution in [3.05, 3.63) is 0 Å². The van der Waals surface area contributed by atoms with Crippen LogP contribution in [0.1, 0.15) is 68.2 Å². The van der Waals surface area contributed by atoms with Gasteiger partial charge >= 0.3 is 0 Å². The topological polar surface area (TPSA) is 75.6 Å². The fourth-order valence-corrected chi connectivity index (χ4v) is 8.94. The van der Waals surface area contributed by atoms with E-state index in [2.05, 4.69) is 47.7 Å². The van der Waals surface area contributed by atoms with Gasteiger partial charge in [0.15, 0.2) is 19.9 Å². The van der Waals surface area contributed by atoms with Crippen LogP contribution in [0.15, 0.2) is 0 Å². The van der Waals surface area contributed by atoms with Crippen molar-refractivity contribution in [2.24, 2.45) is 17.3 Å². The predicted octanol–water partition coefficient (Wildman–Crippen LogP) is 4.23. The predicted molar refractivity (Wildman–Crippen MR) is 130 cm³/mol. The minimum absolute atomic E-state index is 0.0220. The average Bonchev–Trinajstić information content (AvgIpc) is 3.37. The Morgan fingerprint density at radius 2 is 1.62 bits per heavy atom. The molecule has 196 valence electrons. The summed E-state index contributed by atoms with van der Waals surface area (Å²) in [6.45, 7) is 23.0. The van der Waals surface area contributed by atoms with Gasteiger partial charge in [-0.3, -0.25) is 0 Å². The molecule has 5 rings (SSSR count). The van der Waals surface area contributed by atoms with E-state index in [9.17, 15) is 5.11 Å². The summed E-state index contributed by atoms with van der Waals surface area (Å²) < 4.78 is 40.6. The van der Waals surface area contributed by atoms with Crippen LogP contribution in [-0.2, 0) is 28.1 Å². The van der Waals surface area contributed by atoms with E-state index in [4.69, 9.17) is 28.1 Å². The molecule has 7 nitrogen and oxygen atoms in total. The van der Waals surface area contributed by atoms with Gasteiger partial charge in [0, 0.05) is 23.7 Å². The van der Waals surface area contributed by atoms with Gasteiger partial charge in [0.25, 0.3) is 0 Å². The van der Waals surface area contributed by atoms with Crippen LogP contribution in [-0.4, -0.2) is 74.3 Å². The fourth-order valence-electron chi connectivity index (χ4n) is 7.63. The zero-order valence-corrected chi connectivity index (χ0v) is 23.8. The highest BCUT2D eigenvalue weighted by atomic mass is 28.4. The highest BCUT2D eigenvalue weighted by Gasteiger charge is 2.83. The summed E-state index contributed by atoms with van der Waals surface area (Å²) in [7, 11) is -2.23. The third kappa shape index (κ3) is 3.06. The van der Waals surface area contributed by atoms with E-state index >= 15 is 0 Å². The monoisotopic (exact) mass is 498 g/mol. The van der Waals surface area contributed by atoms with Crippen LogP contribution >= 0.6 is 0 Å². The Morgan fingerprint density at radius 1 is 1.00 bits per heavy atom. The smallest absolute Gasteiger partial charge is 0.192 e. The minimum Gasteiger partial charge on any atom is -0.410 e. The van der Waals surface area contributed by atoms with Crippen LogP contribution in [0.4, 0.5) is 0 Å². The van der Waals surface area contributed by atoms with Crippen molar-refractivity contribution in [2.45, 2.75) is 127 Å². The molecule has 0 unspecified atom stereocenters. The lowest BCUT2D eigenvalue weighted by Crippen LogP contribution is -2.76. The van der Waals surface area contributed by atoms with Gasteiger partial charge in [-0.25, -0.2) is 0 Å². The van der Waals surface area contributed by atoms with Crippen LogP contribution < -0.4 is 0 Å². The summed E-state index contributed by atoms with van der Waals surface area (Å²) in [6.07, 6.45) is 0.921. The maximum Gasteiger partial charge on any atom is 0.192 e. The number of fused-ring (bicyclic) bond motifs is 4. The first kappa shape index (κ1) is 25.6. The summed E-state index contributed by atoms with van der Waals surface area (Å²) in [5, 5.41) is 10.8. The van der Waals surface area contributed by atoms with Crippen molar-refractivity contribution < 1.29 is 33.2 Å². The second kappa shape index (κ2) is 7.28. The molecule has 2 bridgehead atoms. The molecule has 0 amide bonds. The highest BCUT2D eigenvalue weighted by Crippen LogP contribution is 2.71. The highest BCUT2D eigenvalue weighted by molar-refractivity contribution is 6.74. The van der Waals surface area contributed by atoms with Gasteiger partial charge in [-0.2, -0.15) is 0 Å². The number of hydrogen-bond donors (Lipinski definition) is 1. The lowest BCUT2D eigenvalue weighted by atomic mass is 9.48. The van der Waals surface area contributed by atoms with Gasteiger partial charge < -0.3 is 33.2 Å². The number of rotatable bonds is 3. The zero-order valence-electron chi connectivity index (χ0n) is 22.8. The second-order valence-corrected chi connectivity index (χ2v) is 18.6. The molecule has 1 N–H and O–H groups in total. The molecule has 0 aromatic carbocycles. The molecule has 2 spiro atoms. The number of aliphatic hydroxyl groups is 1. The Balaban J connectivity index is 1.73. The largest absolute Gasteiger partial charge is 0.410 e. The maximum atomic E-state index is 10.8. The third-order valence-electron chi connectivity index (χ3n) is 10.5. The van der Waals surface area contributed by atoms with Crippen molar-refractivity contribution >= 4 is 8.32 Å². The van der Waals surface area contributed by atoms with E-state index < -0.39 is 36.5 Å². The molecule has 0 aromatic rings. The lowest BCUT2D eigenvalue weighted by Gasteiger charge is -2.64. The molecule has 3 saturated heterocycles. The Bertz CT molecular complexity index is 833. The summed E-state index contributed by atoms with van der Waals surface area (Å²) >= 11 is 0. The summed E-state index contributed by atoms with van der Waals surface area (Å²) in [6, 6.07) is 0. The molecule has 8 atom stereocenters. The van der Waals surface area contributed by atoms with Crippen molar-refractivity contribution in [3.63, 3.8) is 0 Å². The molecule has 5 fully saturated rings. The standard InChI is InChI=1S/C26H46O7Si/c1-16-25(28-13-14-29-25)12-11-23(7)20-18(30-22(5,6)31-20)17-19(32-34(9,10)21(2,3)4)26(16,23)33-24(17,8)15-27/h16-20,27H,11-15H2,1-10H3/t16-,17-,18-,19-,20-,23+,24+,26-/m0/s1.